The summed E-state index contributed by atoms with van der Waals surface area (Å²) in [5, 5.41) is 29.7. The normalized spacial score (nSPS) is 18.1. The summed E-state index contributed by atoms with van der Waals surface area (Å²) >= 11 is 0. The highest BCUT2D eigenvalue weighted by atomic mass is 16.4. The Balaban J connectivity index is 2.66. The lowest BCUT2D eigenvalue weighted by molar-refractivity contribution is -0.143. The monoisotopic (exact) mass is 278 g/mol. The van der Waals surface area contributed by atoms with Crippen LogP contribution in [0.2, 0.25) is 0 Å². The third-order valence-electron chi connectivity index (χ3n) is 4.34. The van der Waals surface area contributed by atoms with Gasteiger partial charge in [0.1, 0.15) is 0 Å². The van der Waals surface area contributed by atoms with Crippen LogP contribution < -0.4 is 0 Å². The van der Waals surface area contributed by atoms with Gasteiger partial charge in [-0.05, 0) is 29.9 Å². The van der Waals surface area contributed by atoms with E-state index in [9.17, 15) is 20.1 Å². The van der Waals surface area contributed by atoms with Crippen molar-refractivity contribution in [1.82, 2.24) is 0 Å². The van der Waals surface area contributed by atoms with Crippen LogP contribution in [0, 0.1) is 0 Å². The molecule has 20 heavy (non-hydrogen) atoms. The summed E-state index contributed by atoms with van der Waals surface area (Å²) in [6.45, 7) is 5.97. The summed E-state index contributed by atoms with van der Waals surface area (Å²) in [5.74, 6) is -1.45. The molecule has 4 nitrogen and oxygen atoms in total. The number of carbonyl (C=O) groups is 1. The Morgan fingerprint density at radius 2 is 1.70 bits per heavy atom. The Morgan fingerprint density at radius 3 is 2.15 bits per heavy atom. The topological polar surface area (TPSA) is 77.8 Å². The van der Waals surface area contributed by atoms with Crippen molar-refractivity contribution in [2.24, 2.45) is 0 Å². The van der Waals surface area contributed by atoms with Gasteiger partial charge < -0.3 is 15.3 Å². The maximum atomic E-state index is 11.8. The molecule has 1 aliphatic rings. The lowest BCUT2D eigenvalue weighted by Crippen LogP contribution is -2.33. The summed E-state index contributed by atoms with van der Waals surface area (Å²) in [6.07, 6.45) is 2.66. The fourth-order valence-electron chi connectivity index (χ4n) is 2.99. The van der Waals surface area contributed by atoms with Crippen LogP contribution in [0.1, 0.15) is 57.6 Å². The predicted molar refractivity (Wildman–Crippen MR) is 76.3 cm³/mol. The van der Waals surface area contributed by atoms with Crippen molar-refractivity contribution in [2.45, 2.75) is 57.3 Å². The number of phenols is 2. The smallest absolute Gasteiger partial charge is 0.314 e. The number of hydrogen-bond donors (Lipinski definition) is 3. The van der Waals surface area contributed by atoms with Gasteiger partial charge in [-0.3, -0.25) is 4.79 Å². The molecule has 0 saturated heterocycles. The van der Waals surface area contributed by atoms with E-state index in [1.165, 1.54) is 6.07 Å². The Bertz CT molecular complexity index is 534. The Hall–Kier alpha value is -1.71. The lowest BCUT2D eigenvalue weighted by Gasteiger charge is -2.28. The molecular weight excluding hydrogens is 256 g/mol. The van der Waals surface area contributed by atoms with E-state index in [0.29, 0.717) is 18.4 Å². The van der Waals surface area contributed by atoms with Crippen LogP contribution >= 0.6 is 0 Å². The molecule has 0 spiro atoms. The molecule has 1 aliphatic carbocycles. The first kappa shape index (κ1) is 14.7. The van der Waals surface area contributed by atoms with Crippen LogP contribution in [-0.2, 0) is 15.6 Å². The molecule has 1 aromatic carbocycles. The van der Waals surface area contributed by atoms with Gasteiger partial charge in [0, 0.05) is 5.56 Å². The molecule has 1 fully saturated rings. The van der Waals surface area contributed by atoms with Crippen LogP contribution in [0.5, 0.6) is 11.5 Å². The molecule has 0 amide bonds. The van der Waals surface area contributed by atoms with E-state index < -0.39 is 11.4 Å². The first-order chi connectivity index (χ1) is 9.18. The van der Waals surface area contributed by atoms with E-state index in [1.54, 1.807) is 6.07 Å². The minimum absolute atomic E-state index is 0.224. The number of aliphatic carboxylic acids is 1. The fraction of sp³-hybridized carbons (Fsp3) is 0.562. The SMILES string of the molecule is CC(C)(C)c1cc(O)c(O)c(C2(C(=O)O)CCCC2)c1. The van der Waals surface area contributed by atoms with E-state index >= 15 is 0 Å². The highest BCUT2D eigenvalue weighted by Crippen LogP contribution is 2.48. The standard InChI is InChI=1S/C16H22O4/c1-15(2,3)10-8-11(13(18)12(17)9-10)16(14(19)20)6-4-5-7-16/h8-9,17-18H,4-7H2,1-3H3,(H,19,20). The van der Waals surface area contributed by atoms with Gasteiger partial charge in [0.2, 0.25) is 0 Å². The molecule has 2 rings (SSSR count). The molecule has 0 radical (unpaired) electrons. The van der Waals surface area contributed by atoms with E-state index in [4.69, 9.17) is 0 Å². The highest BCUT2D eigenvalue weighted by Gasteiger charge is 2.45. The summed E-state index contributed by atoms with van der Waals surface area (Å²) < 4.78 is 0. The van der Waals surface area contributed by atoms with Gasteiger partial charge in [0.25, 0.3) is 0 Å². The Morgan fingerprint density at radius 1 is 1.15 bits per heavy atom. The average molecular weight is 278 g/mol. The molecule has 1 aromatic rings. The summed E-state index contributed by atoms with van der Waals surface area (Å²) in [6, 6.07) is 3.26. The number of rotatable bonds is 2. The van der Waals surface area contributed by atoms with Gasteiger partial charge in [-0.1, -0.05) is 39.7 Å². The van der Waals surface area contributed by atoms with E-state index in [1.807, 2.05) is 20.8 Å². The predicted octanol–water partition coefficient (Wildman–Crippen LogP) is 3.29. The van der Waals surface area contributed by atoms with Crippen LogP contribution in [0.15, 0.2) is 12.1 Å². The molecule has 0 aromatic heterocycles. The zero-order chi connectivity index (χ0) is 15.1. The second-order valence-corrected chi connectivity index (χ2v) is 6.74. The molecule has 0 unspecified atom stereocenters. The maximum absolute atomic E-state index is 11.8. The molecule has 0 bridgehead atoms. The van der Waals surface area contributed by atoms with Crippen molar-refractivity contribution in [3.63, 3.8) is 0 Å². The summed E-state index contributed by atoms with van der Waals surface area (Å²) in [5.41, 5.74) is -0.108. The van der Waals surface area contributed by atoms with Gasteiger partial charge in [-0.25, -0.2) is 0 Å². The maximum Gasteiger partial charge on any atom is 0.314 e. The van der Waals surface area contributed by atoms with Crippen molar-refractivity contribution >= 4 is 5.97 Å². The van der Waals surface area contributed by atoms with Gasteiger partial charge in [-0.15, -0.1) is 0 Å². The molecule has 110 valence electrons. The van der Waals surface area contributed by atoms with E-state index in [-0.39, 0.29) is 16.9 Å². The molecule has 1 saturated carbocycles. The number of aromatic hydroxyl groups is 2. The van der Waals surface area contributed by atoms with Crippen LogP contribution in [0.4, 0.5) is 0 Å². The van der Waals surface area contributed by atoms with Gasteiger partial charge in [0.05, 0.1) is 5.41 Å². The Kier molecular flexibility index (Phi) is 3.44. The quantitative estimate of drug-likeness (QED) is 0.725. The summed E-state index contributed by atoms with van der Waals surface area (Å²) in [7, 11) is 0. The van der Waals surface area contributed by atoms with Crippen molar-refractivity contribution in [3.8, 4) is 11.5 Å². The molecule has 0 aliphatic heterocycles. The second-order valence-electron chi connectivity index (χ2n) is 6.74. The average Bonchev–Trinajstić information content (AvgIpc) is 2.81. The highest BCUT2D eigenvalue weighted by molar-refractivity contribution is 5.83. The number of phenolic OH excluding ortho intramolecular Hbond substituents is 2. The van der Waals surface area contributed by atoms with Crippen molar-refractivity contribution in [1.29, 1.82) is 0 Å². The minimum atomic E-state index is -1.07. The largest absolute Gasteiger partial charge is 0.504 e. The summed E-state index contributed by atoms with van der Waals surface area (Å²) in [4.78, 5) is 11.8. The zero-order valence-corrected chi connectivity index (χ0v) is 12.2. The van der Waals surface area contributed by atoms with Crippen molar-refractivity contribution < 1.29 is 20.1 Å². The number of carboxylic acid groups (broad SMARTS) is 1. The third kappa shape index (κ3) is 2.23. The zero-order valence-electron chi connectivity index (χ0n) is 12.2. The number of carboxylic acids is 1. The third-order valence-corrected chi connectivity index (χ3v) is 4.34. The van der Waals surface area contributed by atoms with Crippen molar-refractivity contribution in [3.05, 3.63) is 23.3 Å². The van der Waals surface area contributed by atoms with Crippen LogP contribution in [0.3, 0.4) is 0 Å². The van der Waals surface area contributed by atoms with Gasteiger partial charge >= 0.3 is 5.97 Å². The van der Waals surface area contributed by atoms with Gasteiger partial charge in [0.15, 0.2) is 11.5 Å². The lowest BCUT2D eigenvalue weighted by atomic mass is 9.75. The Labute approximate surface area is 119 Å². The molecule has 0 atom stereocenters. The van der Waals surface area contributed by atoms with Crippen LogP contribution in [0.25, 0.3) is 0 Å². The minimum Gasteiger partial charge on any atom is -0.504 e. The molecule has 3 N–H and O–H groups in total. The van der Waals surface area contributed by atoms with E-state index in [2.05, 4.69) is 0 Å². The number of benzene rings is 1. The molecule has 0 heterocycles. The van der Waals surface area contributed by atoms with Gasteiger partial charge in [-0.2, -0.15) is 0 Å². The fourth-order valence-corrected chi connectivity index (χ4v) is 2.99. The first-order valence-electron chi connectivity index (χ1n) is 6.99. The van der Waals surface area contributed by atoms with Crippen molar-refractivity contribution in [2.75, 3.05) is 0 Å². The van der Waals surface area contributed by atoms with Crippen LogP contribution in [-0.4, -0.2) is 21.3 Å². The first-order valence-corrected chi connectivity index (χ1v) is 6.99. The second kappa shape index (κ2) is 4.69. The molecular formula is C16H22O4. The van der Waals surface area contributed by atoms with E-state index in [0.717, 1.165) is 18.4 Å². The molecule has 4 heteroatoms. The number of hydrogen-bond acceptors (Lipinski definition) is 3.